The molecular weight excluding hydrogens is 282 g/mol. The summed E-state index contributed by atoms with van der Waals surface area (Å²) in [5, 5.41) is 9.81. The van der Waals surface area contributed by atoms with Gasteiger partial charge in [-0.3, -0.25) is 4.79 Å². The molecule has 1 saturated carbocycles. The van der Waals surface area contributed by atoms with Crippen molar-refractivity contribution >= 4 is 16.9 Å². The SMILES string of the molecule is Cc1c(C(=O)O)c(=O)c2cc(OC(C)C)ccc2n1C1CC1. The molecule has 3 rings (SSSR count). The summed E-state index contributed by atoms with van der Waals surface area (Å²) >= 11 is 0. The summed E-state index contributed by atoms with van der Waals surface area (Å²) in [5.41, 5.74) is 0.739. The molecule has 0 bridgehead atoms. The normalized spacial score (nSPS) is 14.5. The van der Waals surface area contributed by atoms with Crippen molar-refractivity contribution in [2.24, 2.45) is 0 Å². The van der Waals surface area contributed by atoms with Crippen LogP contribution in [0.25, 0.3) is 10.9 Å². The number of carbonyl (C=O) groups is 1. The Balaban J connectivity index is 2.33. The van der Waals surface area contributed by atoms with Gasteiger partial charge in [-0.2, -0.15) is 0 Å². The summed E-state index contributed by atoms with van der Waals surface area (Å²) in [6.45, 7) is 5.52. The maximum Gasteiger partial charge on any atom is 0.341 e. The number of ether oxygens (including phenoxy) is 1. The van der Waals surface area contributed by atoms with Crippen LogP contribution < -0.4 is 10.2 Å². The van der Waals surface area contributed by atoms with E-state index in [1.54, 1.807) is 13.0 Å². The van der Waals surface area contributed by atoms with Crippen molar-refractivity contribution in [2.75, 3.05) is 0 Å². The van der Waals surface area contributed by atoms with E-state index in [0.717, 1.165) is 18.4 Å². The largest absolute Gasteiger partial charge is 0.491 e. The quantitative estimate of drug-likeness (QED) is 0.942. The van der Waals surface area contributed by atoms with Crippen LogP contribution in [-0.4, -0.2) is 21.7 Å². The Labute approximate surface area is 128 Å². The van der Waals surface area contributed by atoms with E-state index in [1.807, 2.05) is 30.5 Å². The lowest BCUT2D eigenvalue weighted by Crippen LogP contribution is -2.22. The van der Waals surface area contributed by atoms with Crippen molar-refractivity contribution in [1.29, 1.82) is 0 Å². The first-order chi connectivity index (χ1) is 10.4. The third-order valence-corrected chi connectivity index (χ3v) is 3.92. The molecule has 1 aromatic carbocycles. The van der Waals surface area contributed by atoms with Crippen molar-refractivity contribution < 1.29 is 14.6 Å². The molecule has 0 radical (unpaired) electrons. The highest BCUT2D eigenvalue weighted by Gasteiger charge is 2.29. The minimum absolute atomic E-state index is 0.00694. The van der Waals surface area contributed by atoms with Crippen LogP contribution in [0.2, 0.25) is 0 Å². The van der Waals surface area contributed by atoms with E-state index < -0.39 is 11.4 Å². The van der Waals surface area contributed by atoms with Gasteiger partial charge in [0, 0.05) is 11.7 Å². The summed E-state index contributed by atoms with van der Waals surface area (Å²) in [7, 11) is 0. The molecule has 5 heteroatoms. The van der Waals surface area contributed by atoms with Crippen LogP contribution in [-0.2, 0) is 0 Å². The number of nitrogens with zero attached hydrogens (tertiary/aromatic N) is 1. The second kappa shape index (κ2) is 5.16. The lowest BCUT2D eigenvalue weighted by Gasteiger charge is -2.17. The van der Waals surface area contributed by atoms with Crippen LogP contribution in [0.15, 0.2) is 23.0 Å². The van der Waals surface area contributed by atoms with Gasteiger partial charge in [0.15, 0.2) is 0 Å². The zero-order valence-electron chi connectivity index (χ0n) is 12.9. The number of aromatic carboxylic acids is 1. The molecule has 1 aliphatic carbocycles. The van der Waals surface area contributed by atoms with E-state index in [0.29, 0.717) is 16.8 Å². The highest BCUT2D eigenvalue weighted by atomic mass is 16.5. The van der Waals surface area contributed by atoms with Crippen LogP contribution in [0.3, 0.4) is 0 Å². The van der Waals surface area contributed by atoms with E-state index in [4.69, 9.17) is 4.74 Å². The monoisotopic (exact) mass is 301 g/mol. The van der Waals surface area contributed by atoms with E-state index in [2.05, 4.69) is 0 Å². The number of pyridine rings is 1. The van der Waals surface area contributed by atoms with Crippen molar-refractivity contribution in [1.82, 2.24) is 4.57 Å². The molecule has 0 atom stereocenters. The summed E-state index contributed by atoms with van der Waals surface area (Å²) < 4.78 is 7.61. The average molecular weight is 301 g/mol. The fraction of sp³-hybridized carbons (Fsp3) is 0.412. The molecule has 0 unspecified atom stereocenters. The molecule has 0 spiro atoms. The van der Waals surface area contributed by atoms with Crippen LogP contribution in [0.1, 0.15) is 48.8 Å². The van der Waals surface area contributed by atoms with E-state index in [-0.39, 0.29) is 17.7 Å². The smallest absolute Gasteiger partial charge is 0.341 e. The van der Waals surface area contributed by atoms with Crippen LogP contribution >= 0.6 is 0 Å². The predicted octanol–water partition coefficient (Wildman–Crippen LogP) is 3.13. The summed E-state index contributed by atoms with van der Waals surface area (Å²) in [4.78, 5) is 24.1. The molecule has 0 amide bonds. The Morgan fingerprint density at radius 2 is 2.05 bits per heavy atom. The second-order valence-electron chi connectivity index (χ2n) is 6.04. The summed E-state index contributed by atoms with van der Waals surface area (Å²) in [6, 6.07) is 5.63. The van der Waals surface area contributed by atoms with Crippen molar-refractivity contribution in [3.8, 4) is 5.75 Å². The Morgan fingerprint density at radius 3 is 2.59 bits per heavy atom. The molecule has 0 aliphatic heterocycles. The van der Waals surface area contributed by atoms with Gasteiger partial charge in [-0.05, 0) is 51.8 Å². The third kappa shape index (κ3) is 2.36. The Bertz CT molecular complexity index is 815. The molecule has 0 saturated heterocycles. The standard InChI is InChI=1S/C17H19NO4/c1-9(2)22-12-6-7-14-13(8-12)16(19)15(17(20)21)10(3)18(14)11-4-5-11/h6-9,11H,4-5H2,1-3H3,(H,20,21). The molecule has 116 valence electrons. The fourth-order valence-electron chi connectivity index (χ4n) is 2.91. The van der Waals surface area contributed by atoms with Gasteiger partial charge in [0.25, 0.3) is 0 Å². The van der Waals surface area contributed by atoms with Gasteiger partial charge in [0.05, 0.1) is 17.0 Å². The number of carboxylic acid groups (broad SMARTS) is 1. The van der Waals surface area contributed by atoms with Gasteiger partial charge in [-0.1, -0.05) is 0 Å². The van der Waals surface area contributed by atoms with Crippen LogP contribution in [0.4, 0.5) is 0 Å². The number of aromatic nitrogens is 1. The van der Waals surface area contributed by atoms with Gasteiger partial charge in [0.1, 0.15) is 11.3 Å². The lowest BCUT2D eigenvalue weighted by atomic mass is 10.1. The Hall–Kier alpha value is -2.30. The number of rotatable bonds is 4. The van der Waals surface area contributed by atoms with E-state index in [9.17, 15) is 14.7 Å². The first kappa shape index (κ1) is 14.6. The topological polar surface area (TPSA) is 68.5 Å². The zero-order chi connectivity index (χ0) is 16.0. The zero-order valence-corrected chi connectivity index (χ0v) is 12.9. The molecule has 1 aliphatic rings. The molecule has 5 nitrogen and oxygen atoms in total. The van der Waals surface area contributed by atoms with Crippen molar-refractivity contribution in [3.63, 3.8) is 0 Å². The second-order valence-corrected chi connectivity index (χ2v) is 6.04. The minimum Gasteiger partial charge on any atom is -0.491 e. The fourth-order valence-corrected chi connectivity index (χ4v) is 2.91. The first-order valence-corrected chi connectivity index (χ1v) is 7.49. The summed E-state index contributed by atoms with van der Waals surface area (Å²) in [6.07, 6.45) is 2.03. The molecular formula is C17H19NO4. The lowest BCUT2D eigenvalue weighted by molar-refractivity contribution is 0.0694. The van der Waals surface area contributed by atoms with Gasteiger partial charge >= 0.3 is 5.97 Å². The van der Waals surface area contributed by atoms with Gasteiger partial charge < -0.3 is 14.4 Å². The molecule has 1 N–H and O–H groups in total. The summed E-state index contributed by atoms with van der Waals surface area (Å²) in [5.74, 6) is -0.587. The van der Waals surface area contributed by atoms with E-state index >= 15 is 0 Å². The average Bonchev–Trinajstić information content (AvgIpc) is 3.23. The maximum atomic E-state index is 12.6. The number of carboxylic acids is 1. The maximum absolute atomic E-state index is 12.6. The predicted molar refractivity (Wildman–Crippen MR) is 83.9 cm³/mol. The molecule has 22 heavy (non-hydrogen) atoms. The molecule has 2 aromatic rings. The number of hydrogen-bond acceptors (Lipinski definition) is 3. The molecule has 1 fully saturated rings. The Kier molecular flexibility index (Phi) is 3.43. The van der Waals surface area contributed by atoms with Gasteiger partial charge in [-0.15, -0.1) is 0 Å². The van der Waals surface area contributed by atoms with Crippen molar-refractivity contribution in [3.05, 3.63) is 39.7 Å². The Morgan fingerprint density at radius 1 is 1.36 bits per heavy atom. The van der Waals surface area contributed by atoms with Gasteiger partial charge in [0.2, 0.25) is 5.43 Å². The number of benzene rings is 1. The highest BCUT2D eigenvalue weighted by molar-refractivity contribution is 5.94. The number of fused-ring (bicyclic) bond motifs is 1. The first-order valence-electron chi connectivity index (χ1n) is 7.49. The van der Waals surface area contributed by atoms with Gasteiger partial charge in [-0.25, -0.2) is 4.79 Å². The van der Waals surface area contributed by atoms with Crippen LogP contribution in [0, 0.1) is 6.92 Å². The third-order valence-electron chi connectivity index (χ3n) is 3.92. The van der Waals surface area contributed by atoms with E-state index in [1.165, 1.54) is 0 Å². The molecule has 1 heterocycles. The minimum atomic E-state index is -1.17. The van der Waals surface area contributed by atoms with Crippen LogP contribution in [0.5, 0.6) is 5.75 Å². The number of hydrogen-bond donors (Lipinski definition) is 1. The van der Waals surface area contributed by atoms with Crippen molar-refractivity contribution in [2.45, 2.75) is 45.8 Å². The highest BCUT2D eigenvalue weighted by Crippen LogP contribution is 2.39. The molecule has 1 aromatic heterocycles.